The number of terminal acetylenes is 1. The molecule has 0 aromatic heterocycles. The first-order valence-corrected chi connectivity index (χ1v) is 5.63. The number of benzene rings is 1. The van der Waals surface area contributed by atoms with Crippen LogP contribution in [0.25, 0.3) is 0 Å². The lowest BCUT2D eigenvalue weighted by molar-refractivity contribution is -0.139. The number of amides is 1. The first-order valence-electron chi connectivity index (χ1n) is 4.87. The van der Waals surface area contributed by atoms with E-state index in [9.17, 15) is 9.59 Å². The highest BCUT2D eigenvalue weighted by Crippen LogP contribution is 2.19. The number of hydrogen-bond donors (Lipinski definition) is 2. The smallest absolute Gasteiger partial charge is 0.327 e. The minimum atomic E-state index is -1.20. The fourth-order valence-electron chi connectivity index (χ4n) is 1.24. The summed E-state index contributed by atoms with van der Waals surface area (Å²) in [5.74, 6) is 0.386. The number of rotatable bonds is 4. The van der Waals surface area contributed by atoms with Crippen LogP contribution in [0.4, 0.5) is 0 Å². The van der Waals surface area contributed by atoms with Crippen LogP contribution < -0.4 is 5.32 Å². The maximum Gasteiger partial charge on any atom is 0.327 e. The molecule has 1 aromatic rings. The van der Waals surface area contributed by atoms with Gasteiger partial charge in [-0.25, -0.2) is 4.79 Å². The highest BCUT2D eigenvalue weighted by Gasteiger charge is 2.19. The second kappa shape index (κ2) is 6.29. The van der Waals surface area contributed by atoms with Gasteiger partial charge in [-0.05, 0) is 18.2 Å². The van der Waals surface area contributed by atoms with Crippen molar-refractivity contribution in [1.29, 1.82) is 0 Å². The monoisotopic (exact) mass is 285 g/mol. The Kier molecular flexibility index (Phi) is 5.02. The Labute approximate surface area is 114 Å². The Hall–Kier alpha value is -1.70. The lowest BCUT2D eigenvalue weighted by atomic mass is 10.1. The molecule has 0 saturated heterocycles. The van der Waals surface area contributed by atoms with Gasteiger partial charge in [-0.2, -0.15) is 0 Å². The maximum absolute atomic E-state index is 11.8. The molecule has 0 saturated carbocycles. The van der Waals surface area contributed by atoms with E-state index in [4.69, 9.17) is 34.7 Å². The predicted octanol–water partition coefficient (Wildman–Crippen LogP) is 2.20. The Morgan fingerprint density at radius 2 is 1.89 bits per heavy atom. The van der Waals surface area contributed by atoms with E-state index in [-0.39, 0.29) is 22.0 Å². The highest BCUT2D eigenvalue weighted by atomic mass is 35.5. The van der Waals surface area contributed by atoms with E-state index in [1.807, 2.05) is 0 Å². The molecule has 94 valence electrons. The standard InChI is InChI=1S/C12H9Cl2NO3/c1-2-3-10(12(17)18)15-11(16)7-4-8(13)6-9(14)5-7/h1,4-6,10H,3H2,(H,15,16)(H,17,18). The summed E-state index contributed by atoms with van der Waals surface area (Å²) in [7, 11) is 0. The van der Waals surface area contributed by atoms with E-state index in [1.165, 1.54) is 18.2 Å². The van der Waals surface area contributed by atoms with Crippen molar-refractivity contribution in [1.82, 2.24) is 5.32 Å². The number of halogens is 2. The maximum atomic E-state index is 11.8. The fourth-order valence-corrected chi connectivity index (χ4v) is 1.77. The number of nitrogens with one attached hydrogen (secondary N) is 1. The van der Waals surface area contributed by atoms with Crippen molar-refractivity contribution >= 4 is 35.1 Å². The van der Waals surface area contributed by atoms with Gasteiger partial charge < -0.3 is 10.4 Å². The van der Waals surface area contributed by atoms with Crippen molar-refractivity contribution in [2.45, 2.75) is 12.5 Å². The van der Waals surface area contributed by atoms with Gasteiger partial charge in [-0.1, -0.05) is 23.2 Å². The van der Waals surface area contributed by atoms with E-state index in [0.29, 0.717) is 0 Å². The Morgan fingerprint density at radius 3 is 2.33 bits per heavy atom. The van der Waals surface area contributed by atoms with Gasteiger partial charge in [-0.15, -0.1) is 12.3 Å². The van der Waals surface area contributed by atoms with Crippen molar-refractivity contribution < 1.29 is 14.7 Å². The lowest BCUT2D eigenvalue weighted by Gasteiger charge is -2.12. The van der Waals surface area contributed by atoms with Crippen molar-refractivity contribution in [3.63, 3.8) is 0 Å². The van der Waals surface area contributed by atoms with Crippen LogP contribution in [0.3, 0.4) is 0 Å². The van der Waals surface area contributed by atoms with Crippen LogP contribution >= 0.6 is 23.2 Å². The Balaban J connectivity index is 2.87. The largest absolute Gasteiger partial charge is 0.480 e. The first-order chi connectivity index (χ1) is 8.43. The third-order valence-electron chi connectivity index (χ3n) is 2.05. The van der Waals surface area contributed by atoms with Crippen molar-refractivity contribution in [2.75, 3.05) is 0 Å². The van der Waals surface area contributed by atoms with Crippen LogP contribution in [-0.2, 0) is 4.79 Å². The van der Waals surface area contributed by atoms with E-state index in [0.717, 1.165) is 0 Å². The molecule has 1 atom stereocenters. The minimum absolute atomic E-state index is 0.102. The van der Waals surface area contributed by atoms with Crippen LogP contribution in [0.2, 0.25) is 10.0 Å². The summed E-state index contributed by atoms with van der Waals surface area (Å²) in [6.07, 6.45) is 4.92. The van der Waals surface area contributed by atoms with Gasteiger partial charge in [-0.3, -0.25) is 4.79 Å². The molecule has 0 aliphatic carbocycles. The Morgan fingerprint density at radius 1 is 1.33 bits per heavy atom. The average Bonchev–Trinajstić information content (AvgIpc) is 2.26. The first kappa shape index (κ1) is 14.4. The third kappa shape index (κ3) is 3.95. The summed E-state index contributed by atoms with van der Waals surface area (Å²) in [6, 6.07) is 3.10. The van der Waals surface area contributed by atoms with Crippen LogP contribution in [0.1, 0.15) is 16.8 Å². The van der Waals surface area contributed by atoms with E-state index in [1.54, 1.807) is 0 Å². The van der Waals surface area contributed by atoms with E-state index < -0.39 is 17.9 Å². The Bertz CT molecular complexity index is 502. The molecule has 4 nitrogen and oxygen atoms in total. The van der Waals surface area contributed by atoms with Gasteiger partial charge in [0.2, 0.25) is 0 Å². The molecule has 1 rings (SSSR count). The van der Waals surface area contributed by atoms with Crippen molar-refractivity contribution in [3.8, 4) is 12.3 Å². The summed E-state index contributed by atoms with van der Waals surface area (Å²) < 4.78 is 0. The molecule has 0 bridgehead atoms. The second-order valence-electron chi connectivity index (χ2n) is 3.43. The van der Waals surface area contributed by atoms with Gasteiger partial charge in [0.15, 0.2) is 0 Å². The van der Waals surface area contributed by atoms with Gasteiger partial charge in [0.1, 0.15) is 6.04 Å². The molecule has 1 amide bonds. The van der Waals surface area contributed by atoms with Crippen LogP contribution in [0.15, 0.2) is 18.2 Å². The number of carboxylic acid groups (broad SMARTS) is 1. The lowest BCUT2D eigenvalue weighted by Crippen LogP contribution is -2.40. The molecule has 2 N–H and O–H groups in total. The fraction of sp³-hybridized carbons (Fsp3) is 0.167. The summed E-state index contributed by atoms with van der Waals surface area (Å²) in [5, 5.41) is 11.7. The number of hydrogen-bond acceptors (Lipinski definition) is 2. The minimum Gasteiger partial charge on any atom is -0.480 e. The zero-order valence-corrected chi connectivity index (χ0v) is 10.6. The number of carbonyl (C=O) groups is 2. The third-order valence-corrected chi connectivity index (χ3v) is 2.49. The molecule has 0 aliphatic rings. The molecule has 1 aromatic carbocycles. The summed E-state index contributed by atoms with van der Waals surface area (Å²) >= 11 is 11.5. The number of carbonyl (C=O) groups excluding carboxylic acids is 1. The van der Waals surface area contributed by atoms with Crippen LogP contribution in [0, 0.1) is 12.3 Å². The molecule has 0 aliphatic heterocycles. The number of carboxylic acids is 1. The van der Waals surface area contributed by atoms with Gasteiger partial charge in [0.25, 0.3) is 5.91 Å². The molecule has 1 unspecified atom stereocenters. The molecule has 0 fully saturated rings. The SMILES string of the molecule is C#CCC(NC(=O)c1cc(Cl)cc(Cl)c1)C(=O)O. The van der Waals surface area contributed by atoms with Crippen LogP contribution in [-0.4, -0.2) is 23.0 Å². The van der Waals surface area contributed by atoms with Gasteiger partial charge in [0, 0.05) is 22.0 Å². The second-order valence-corrected chi connectivity index (χ2v) is 4.30. The summed E-state index contributed by atoms with van der Waals surface area (Å²) in [5.41, 5.74) is 0.177. The molecular formula is C12H9Cl2NO3. The topological polar surface area (TPSA) is 66.4 Å². The highest BCUT2D eigenvalue weighted by molar-refractivity contribution is 6.35. The quantitative estimate of drug-likeness (QED) is 0.834. The molecule has 0 spiro atoms. The molecular weight excluding hydrogens is 277 g/mol. The van der Waals surface area contributed by atoms with Crippen LogP contribution in [0.5, 0.6) is 0 Å². The molecule has 6 heteroatoms. The summed E-state index contributed by atoms with van der Waals surface area (Å²) in [6.45, 7) is 0. The van der Waals surface area contributed by atoms with E-state index >= 15 is 0 Å². The van der Waals surface area contributed by atoms with Crippen molar-refractivity contribution in [3.05, 3.63) is 33.8 Å². The summed E-state index contributed by atoms with van der Waals surface area (Å²) in [4.78, 5) is 22.6. The molecule has 0 radical (unpaired) electrons. The average molecular weight is 286 g/mol. The molecule has 18 heavy (non-hydrogen) atoms. The van der Waals surface area contributed by atoms with Crippen molar-refractivity contribution in [2.24, 2.45) is 0 Å². The van der Waals surface area contributed by atoms with E-state index in [2.05, 4.69) is 11.2 Å². The molecule has 0 heterocycles. The predicted molar refractivity (Wildman–Crippen MR) is 68.8 cm³/mol. The van der Waals surface area contributed by atoms with Gasteiger partial charge in [0.05, 0.1) is 0 Å². The van der Waals surface area contributed by atoms with Gasteiger partial charge >= 0.3 is 5.97 Å². The number of aliphatic carboxylic acids is 1. The zero-order valence-electron chi connectivity index (χ0n) is 9.11. The zero-order chi connectivity index (χ0) is 13.7. The normalized spacial score (nSPS) is 11.4.